The molecule has 0 aliphatic heterocycles. The molecule has 0 bridgehead atoms. The molecule has 0 unspecified atom stereocenters. The van der Waals surface area contributed by atoms with Gasteiger partial charge in [0.15, 0.2) is 0 Å². The topological polar surface area (TPSA) is 77.2 Å². The normalized spacial score (nSPS) is 13.4. The van der Waals surface area contributed by atoms with Crippen LogP contribution in [0.2, 0.25) is 0 Å². The molecule has 1 heterocycles. The van der Waals surface area contributed by atoms with Crippen molar-refractivity contribution in [3.05, 3.63) is 29.6 Å². The fourth-order valence-corrected chi connectivity index (χ4v) is 1.83. The van der Waals surface area contributed by atoms with E-state index < -0.39 is 0 Å². The monoisotopic (exact) mass is 287 g/mol. The molecule has 1 fully saturated rings. The van der Waals surface area contributed by atoms with Crippen LogP contribution in [0.15, 0.2) is 18.3 Å². The number of hydrogen-bond acceptors (Lipinski definition) is 4. The van der Waals surface area contributed by atoms with E-state index in [1.165, 1.54) is 12.8 Å². The smallest absolute Gasteiger partial charge is 0.271 e. The molecule has 0 aromatic carbocycles. The first kappa shape index (κ1) is 15.5. The number of nitrogens with zero attached hydrogens (tertiary/aromatic N) is 1. The summed E-state index contributed by atoms with van der Waals surface area (Å²) in [6.45, 7) is 2.37. The number of carbonyl (C=O) groups excluding carboxylic acids is 1. The van der Waals surface area contributed by atoms with E-state index in [0.29, 0.717) is 24.4 Å². The molecule has 0 spiro atoms. The molecule has 1 aliphatic carbocycles. The first-order chi connectivity index (χ1) is 10.3. The van der Waals surface area contributed by atoms with Crippen LogP contribution in [0.1, 0.15) is 35.3 Å². The van der Waals surface area contributed by atoms with Crippen molar-refractivity contribution in [3.63, 3.8) is 0 Å². The predicted molar refractivity (Wildman–Crippen MR) is 80.7 cm³/mol. The number of nitrogens with one attached hydrogen (secondary N) is 1. The van der Waals surface area contributed by atoms with Gasteiger partial charge in [0.05, 0.1) is 12.1 Å². The van der Waals surface area contributed by atoms with Crippen LogP contribution in [-0.4, -0.2) is 37.2 Å². The van der Waals surface area contributed by atoms with E-state index in [0.717, 1.165) is 18.9 Å². The van der Waals surface area contributed by atoms with Gasteiger partial charge in [-0.1, -0.05) is 11.8 Å². The van der Waals surface area contributed by atoms with Crippen molar-refractivity contribution in [2.75, 3.05) is 26.3 Å². The molecule has 1 aromatic rings. The fourth-order valence-electron chi connectivity index (χ4n) is 1.83. The third-order valence-electron chi connectivity index (χ3n) is 3.15. The Balaban J connectivity index is 1.74. The highest BCUT2D eigenvalue weighted by Crippen LogP contribution is 2.28. The van der Waals surface area contributed by atoms with Crippen LogP contribution in [0, 0.1) is 17.8 Å². The van der Waals surface area contributed by atoms with Crippen LogP contribution in [0.3, 0.4) is 0 Å². The lowest BCUT2D eigenvalue weighted by Gasteiger charge is -2.06. The Morgan fingerprint density at radius 1 is 1.52 bits per heavy atom. The lowest BCUT2D eigenvalue weighted by atomic mass is 10.2. The Labute approximate surface area is 125 Å². The average Bonchev–Trinajstić information content (AvgIpc) is 3.33. The highest BCUT2D eigenvalue weighted by Gasteiger charge is 2.20. The van der Waals surface area contributed by atoms with Gasteiger partial charge in [0.1, 0.15) is 5.69 Å². The molecule has 21 heavy (non-hydrogen) atoms. The zero-order valence-electron chi connectivity index (χ0n) is 12.1. The van der Waals surface area contributed by atoms with Gasteiger partial charge in [0.2, 0.25) is 0 Å². The molecule has 5 nitrogen and oxygen atoms in total. The minimum atomic E-state index is -0.209. The van der Waals surface area contributed by atoms with Crippen LogP contribution < -0.4 is 11.1 Å². The average molecular weight is 287 g/mol. The summed E-state index contributed by atoms with van der Waals surface area (Å²) in [5.74, 6) is 6.16. The van der Waals surface area contributed by atoms with Crippen LogP contribution in [-0.2, 0) is 4.74 Å². The van der Waals surface area contributed by atoms with Crippen molar-refractivity contribution in [2.24, 2.45) is 11.7 Å². The minimum absolute atomic E-state index is 0.209. The van der Waals surface area contributed by atoms with Crippen molar-refractivity contribution < 1.29 is 9.53 Å². The highest BCUT2D eigenvalue weighted by atomic mass is 16.5. The van der Waals surface area contributed by atoms with E-state index in [4.69, 9.17) is 10.5 Å². The van der Waals surface area contributed by atoms with Gasteiger partial charge in [0, 0.05) is 26.0 Å². The minimum Gasteiger partial charge on any atom is -0.381 e. The molecule has 5 heteroatoms. The van der Waals surface area contributed by atoms with Crippen LogP contribution in [0.25, 0.3) is 0 Å². The van der Waals surface area contributed by atoms with Crippen LogP contribution >= 0.6 is 0 Å². The maximum atomic E-state index is 12.1. The Morgan fingerprint density at radius 2 is 2.38 bits per heavy atom. The number of amides is 1. The quantitative estimate of drug-likeness (QED) is 0.578. The summed E-state index contributed by atoms with van der Waals surface area (Å²) in [5, 5.41) is 2.84. The third-order valence-corrected chi connectivity index (χ3v) is 3.15. The van der Waals surface area contributed by atoms with Gasteiger partial charge >= 0.3 is 0 Å². The molecule has 1 saturated carbocycles. The van der Waals surface area contributed by atoms with E-state index in [1.54, 1.807) is 18.3 Å². The summed E-state index contributed by atoms with van der Waals surface area (Å²) < 4.78 is 5.52. The molecule has 0 atom stereocenters. The van der Waals surface area contributed by atoms with E-state index in [1.807, 2.05) is 0 Å². The van der Waals surface area contributed by atoms with E-state index in [-0.39, 0.29) is 12.5 Å². The Morgan fingerprint density at radius 3 is 3.14 bits per heavy atom. The van der Waals surface area contributed by atoms with Gasteiger partial charge in [0.25, 0.3) is 5.91 Å². The second-order valence-corrected chi connectivity index (χ2v) is 5.03. The number of nitrogens with two attached hydrogens (primary N) is 1. The van der Waals surface area contributed by atoms with Gasteiger partial charge in [-0.2, -0.15) is 0 Å². The Hall–Kier alpha value is -1.90. The molecule has 3 N–H and O–H groups in total. The van der Waals surface area contributed by atoms with Crippen molar-refractivity contribution in [1.82, 2.24) is 10.3 Å². The number of pyridine rings is 1. The van der Waals surface area contributed by atoms with Crippen molar-refractivity contribution in [3.8, 4) is 11.8 Å². The Bertz CT molecular complexity index is 530. The predicted octanol–water partition coefficient (Wildman–Crippen LogP) is 0.938. The lowest BCUT2D eigenvalue weighted by molar-refractivity contribution is 0.0932. The number of rotatable bonds is 7. The molecule has 1 aliphatic rings. The van der Waals surface area contributed by atoms with E-state index in [9.17, 15) is 4.79 Å². The molecule has 1 amide bonds. The van der Waals surface area contributed by atoms with Crippen molar-refractivity contribution in [2.45, 2.75) is 19.3 Å². The zero-order valence-corrected chi connectivity index (χ0v) is 12.1. The maximum absolute atomic E-state index is 12.1. The molecular weight excluding hydrogens is 266 g/mol. The number of aromatic nitrogens is 1. The fraction of sp³-hybridized carbons (Fsp3) is 0.500. The zero-order chi connectivity index (χ0) is 14.9. The number of carbonyl (C=O) groups is 1. The summed E-state index contributed by atoms with van der Waals surface area (Å²) in [7, 11) is 0. The molecule has 112 valence electrons. The number of ether oxygens (including phenoxy) is 1. The molecule has 2 rings (SSSR count). The van der Waals surface area contributed by atoms with Crippen LogP contribution in [0.4, 0.5) is 0 Å². The number of hydrogen-bond donors (Lipinski definition) is 2. The third kappa shape index (κ3) is 5.54. The van der Waals surface area contributed by atoms with Gasteiger partial charge in [-0.3, -0.25) is 4.79 Å². The second-order valence-electron chi connectivity index (χ2n) is 5.03. The summed E-state index contributed by atoms with van der Waals surface area (Å²) in [6.07, 6.45) is 4.97. The summed E-state index contributed by atoms with van der Waals surface area (Å²) in [6, 6.07) is 3.52. The Kier molecular flexibility index (Phi) is 6.20. The molecule has 1 aromatic heterocycles. The van der Waals surface area contributed by atoms with Gasteiger partial charge < -0.3 is 15.8 Å². The van der Waals surface area contributed by atoms with Crippen molar-refractivity contribution >= 4 is 5.91 Å². The standard InChI is InChI=1S/C16H21N3O2/c17-8-1-4-14-5-2-9-18-15(14)16(20)19-10-3-11-21-12-13-6-7-13/h2,5,9,13H,3,6-8,10-12,17H2,(H,19,20). The van der Waals surface area contributed by atoms with Gasteiger partial charge in [-0.15, -0.1) is 0 Å². The van der Waals surface area contributed by atoms with Crippen LogP contribution in [0.5, 0.6) is 0 Å². The summed E-state index contributed by atoms with van der Waals surface area (Å²) >= 11 is 0. The van der Waals surface area contributed by atoms with Gasteiger partial charge in [-0.05, 0) is 37.3 Å². The first-order valence-corrected chi connectivity index (χ1v) is 7.31. The second kappa shape index (κ2) is 8.40. The van der Waals surface area contributed by atoms with Crippen molar-refractivity contribution in [1.29, 1.82) is 0 Å². The lowest BCUT2D eigenvalue weighted by Crippen LogP contribution is -2.27. The van der Waals surface area contributed by atoms with E-state index in [2.05, 4.69) is 22.1 Å². The summed E-state index contributed by atoms with van der Waals surface area (Å²) in [5.41, 5.74) is 6.29. The van der Waals surface area contributed by atoms with Gasteiger partial charge in [-0.25, -0.2) is 4.98 Å². The van der Waals surface area contributed by atoms with E-state index >= 15 is 0 Å². The highest BCUT2D eigenvalue weighted by molar-refractivity contribution is 5.94. The maximum Gasteiger partial charge on any atom is 0.271 e. The molecule has 0 saturated heterocycles. The SMILES string of the molecule is NCC#Cc1cccnc1C(=O)NCCCOCC1CC1. The first-order valence-electron chi connectivity index (χ1n) is 7.31. The molecular formula is C16H21N3O2. The molecule has 0 radical (unpaired) electrons. The largest absolute Gasteiger partial charge is 0.381 e. The summed E-state index contributed by atoms with van der Waals surface area (Å²) in [4.78, 5) is 16.2.